The normalized spacial score (nSPS) is 12.9. The molecular formula is C24H27N2P3. The Hall–Kier alpha value is -1.55. The Balaban J connectivity index is 1.84. The van der Waals surface area contributed by atoms with Gasteiger partial charge in [-0.05, 0) is 49.1 Å². The number of aryl methyl sites for hydroxylation is 1. The summed E-state index contributed by atoms with van der Waals surface area (Å²) in [7, 11) is 1.89. The van der Waals surface area contributed by atoms with Crippen molar-refractivity contribution in [2.45, 2.75) is 26.8 Å². The molecule has 0 N–H and O–H groups in total. The average molecular weight is 436 g/mol. The zero-order chi connectivity index (χ0) is 20.4. The first-order chi connectivity index (χ1) is 14.1. The van der Waals surface area contributed by atoms with Crippen molar-refractivity contribution in [3.8, 4) is 0 Å². The van der Waals surface area contributed by atoms with Crippen LogP contribution in [-0.4, -0.2) is 14.8 Å². The Labute approximate surface area is 178 Å². The third-order valence-corrected chi connectivity index (χ3v) is 12.3. The quantitative estimate of drug-likeness (QED) is 0.307. The summed E-state index contributed by atoms with van der Waals surface area (Å²) in [6.07, 6.45) is 2.26. The van der Waals surface area contributed by atoms with Gasteiger partial charge in [0.15, 0.2) is 0 Å². The standard InChI is InChI=1S/C24H27N2P3/c1-19(2)26(29(27)25-18-17-23-20(3)11-10-16-24(23)25)28(21-12-6-4-7-13-21)22-14-8-5-9-15-22/h4-19H,27H2,1-3H3. The van der Waals surface area contributed by atoms with Crippen LogP contribution in [0.5, 0.6) is 0 Å². The Morgan fingerprint density at radius 1 is 0.793 bits per heavy atom. The van der Waals surface area contributed by atoms with Crippen LogP contribution < -0.4 is 10.6 Å². The van der Waals surface area contributed by atoms with Crippen LogP contribution in [0.25, 0.3) is 10.9 Å². The molecule has 2 unspecified atom stereocenters. The second-order valence-corrected chi connectivity index (χ2v) is 12.7. The van der Waals surface area contributed by atoms with E-state index in [0.717, 1.165) is 0 Å². The van der Waals surface area contributed by atoms with E-state index in [2.05, 4.69) is 130 Å². The molecule has 3 aromatic carbocycles. The van der Waals surface area contributed by atoms with Gasteiger partial charge in [-0.1, -0.05) is 81.7 Å². The zero-order valence-electron chi connectivity index (χ0n) is 17.1. The highest BCUT2D eigenvalue weighted by Gasteiger charge is 2.30. The Kier molecular flexibility index (Phi) is 6.48. The van der Waals surface area contributed by atoms with Gasteiger partial charge in [0.25, 0.3) is 0 Å². The lowest BCUT2D eigenvalue weighted by Gasteiger charge is -2.40. The molecule has 4 rings (SSSR count). The first-order valence-corrected chi connectivity index (χ1v) is 14.0. The predicted octanol–water partition coefficient (Wildman–Crippen LogP) is 6.66. The number of aromatic nitrogens is 1. The molecule has 0 amide bonds. The fourth-order valence-corrected chi connectivity index (χ4v) is 11.0. The SMILES string of the molecule is Cc1cccc2c1ccn2P(P)N(C(C)C)P(c1ccccc1)c1ccccc1. The molecule has 0 aliphatic heterocycles. The van der Waals surface area contributed by atoms with E-state index < -0.39 is 16.0 Å². The largest absolute Gasteiger partial charge is 0.310 e. The van der Waals surface area contributed by atoms with E-state index in [1.807, 2.05) is 0 Å². The lowest BCUT2D eigenvalue weighted by Crippen LogP contribution is -2.30. The van der Waals surface area contributed by atoms with E-state index >= 15 is 0 Å². The highest BCUT2D eigenvalue weighted by Crippen LogP contribution is 2.62. The second kappa shape index (κ2) is 9.07. The molecule has 2 nitrogen and oxygen atoms in total. The van der Waals surface area contributed by atoms with Gasteiger partial charge in [0.2, 0.25) is 0 Å². The first-order valence-electron chi connectivity index (χ1n) is 9.89. The van der Waals surface area contributed by atoms with Crippen LogP contribution in [-0.2, 0) is 0 Å². The lowest BCUT2D eigenvalue weighted by atomic mass is 10.1. The third-order valence-electron chi connectivity index (χ3n) is 5.03. The lowest BCUT2D eigenvalue weighted by molar-refractivity contribution is 0.579. The second-order valence-electron chi connectivity index (χ2n) is 7.39. The van der Waals surface area contributed by atoms with Crippen molar-refractivity contribution in [3.05, 3.63) is 96.7 Å². The number of benzene rings is 3. The summed E-state index contributed by atoms with van der Waals surface area (Å²) in [5, 5.41) is 4.13. The number of hydrogen-bond acceptors (Lipinski definition) is 1. The smallest absolute Gasteiger partial charge is 0.0944 e. The molecule has 0 fully saturated rings. The number of nitrogens with zero attached hydrogens (tertiary/aromatic N) is 2. The maximum Gasteiger partial charge on any atom is 0.0944 e. The molecule has 1 aromatic heterocycles. The summed E-state index contributed by atoms with van der Waals surface area (Å²) in [6.45, 7) is 6.83. The molecule has 1 heterocycles. The number of hydrogen-bond donors (Lipinski definition) is 0. The molecule has 0 spiro atoms. The van der Waals surface area contributed by atoms with Gasteiger partial charge in [0.1, 0.15) is 0 Å². The summed E-state index contributed by atoms with van der Waals surface area (Å²) in [5.41, 5.74) is 2.65. The molecule has 0 radical (unpaired) electrons. The topological polar surface area (TPSA) is 8.17 Å². The molecule has 0 bridgehead atoms. The molecule has 0 saturated heterocycles. The van der Waals surface area contributed by atoms with Crippen LogP contribution in [0.4, 0.5) is 0 Å². The molecule has 5 heteroatoms. The Bertz CT molecular complexity index is 1040. The molecular weight excluding hydrogens is 409 g/mol. The van der Waals surface area contributed by atoms with E-state index in [1.54, 1.807) is 0 Å². The summed E-state index contributed by atoms with van der Waals surface area (Å²) in [6, 6.07) is 31.2. The highest BCUT2D eigenvalue weighted by atomic mass is 32.0. The van der Waals surface area contributed by atoms with Crippen molar-refractivity contribution in [1.29, 1.82) is 0 Å². The maximum atomic E-state index is 3.18. The van der Waals surface area contributed by atoms with Gasteiger partial charge >= 0.3 is 0 Å². The van der Waals surface area contributed by atoms with Crippen LogP contribution in [0.15, 0.2) is 91.1 Å². The van der Waals surface area contributed by atoms with Gasteiger partial charge in [-0.2, -0.15) is 0 Å². The van der Waals surface area contributed by atoms with Gasteiger partial charge in [0.05, 0.1) is 13.4 Å². The monoisotopic (exact) mass is 436 g/mol. The minimum atomic E-state index is -0.645. The fourth-order valence-electron chi connectivity index (χ4n) is 3.67. The third kappa shape index (κ3) is 4.19. The van der Waals surface area contributed by atoms with Gasteiger partial charge in [0, 0.05) is 25.7 Å². The number of fused-ring (bicyclic) bond motifs is 1. The van der Waals surface area contributed by atoms with Crippen LogP contribution in [0.3, 0.4) is 0 Å². The van der Waals surface area contributed by atoms with Crippen molar-refractivity contribution < 1.29 is 0 Å². The number of rotatable bonds is 6. The van der Waals surface area contributed by atoms with E-state index in [-0.39, 0.29) is 0 Å². The summed E-state index contributed by atoms with van der Waals surface area (Å²) >= 11 is 0. The molecule has 0 aliphatic rings. The molecule has 148 valence electrons. The van der Waals surface area contributed by atoms with Crippen LogP contribution in [0.1, 0.15) is 19.4 Å². The minimum Gasteiger partial charge on any atom is -0.310 e. The van der Waals surface area contributed by atoms with Gasteiger partial charge in [-0.15, -0.1) is 0 Å². The summed E-state index contributed by atoms with van der Waals surface area (Å²) in [4.78, 5) is 0. The molecule has 0 saturated carbocycles. The molecule has 4 aromatic rings. The first kappa shape index (κ1) is 20.7. The minimum absolute atomic E-state index is 0.410. The van der Waals surface area contributed by atoms with Crippen molar-refractivity contribution in [2.75, 3.05) is 0 Å². The maximum absolute atomic E-state index is 3.18. The zero-order valence-corrected chi connectivity index (χ0v) is 20.0. The molecule has 0 aliphatic carbocycles. The van der Waals surface area contributed by atoms with Crippen molar-refractivity contribution in [2.24, 2.45) is 0 Å². The fraction of sp³-hybridized carbons (Fsp3) is 0.167. The van der Waals surface area contributed by atoms with Gasteiger partial charge in [-0.25, -0.2) is 4.44 Å². The van der Waals surface area contributed by atoms with Crippen LogP contribution in [0, 0.1) is 6.92 Å². The van der Waals surface area contributed by atoms with E-state index in [9.17, 15) is 0 Å². The molecule has 29 heavy (non-hydrogen) atoms. The average Bonchev–Trinajstić information content (AvgIpc) is 3.18. The van der Waals surface area contributed by atoms with Crippen molar-refractivity contribution >= 4 is 46.4 Å². The Morgan fingerprint density at radius 2 is 1.38 bits per heavy atom. The predicted molar refractivity (Wildman–Crippen MR) is 135 cm³/mol. The van der Waals surface area contributed by atoms with Crippen LogP contribution >= 0.6 is 24.9 Å². The van der Waals surface area contributed by atoms with Gasteiger partial charge in [-0.3, -0.25) is 0 Å². The molecule has 2 atom stereocenters. The van der Waals surface area contributed by atoms with E-state index in [1.165, 1.54) is 27.1 Å². The van der Waals surface area contributed by atoms with Gasteiger partial charge < -0.3 is 4.34 Å². The van der Waals surface area contributed by atoms with Crippen molar-refractivity contribution in [1.82, 2.24) is 8.78 Å². The van der Waals surface area contributed by atoms with Crippen molar-refractivity contribution in [3.63, 3.8) is 0 Å². The van der Waals surface area contributed by atoms with Crippen LogP contribution in [0.2, 0.25) is 0 Å². The van der Waals surface area contributed by atoms with E-state index in [4.69, 9.17) is 0 Å². The summed E-state index contributed by atoms with van der Waals surface area (Å²) in [5.74, 6) is 0. The van der Waals surface area contributed by atoms with E-state index in [0.29, 0.717) is 6.04 Å². The summed E-state index contributed by atoms with van der Waals surface area (Å²) < 4.78 is 5.17. The Morgan fingerprint density at radius 3 is 1.93 bits per heavy atom. The highest BCUT2D eigenvalue weighted by molar-refractivity contribution is 8.14.